The van der Waals surface area contributed by atoms with Crippen molar-refractivity contribution < 1.29 is 9.59 Å². The van der Waals surface area contributed by atoms with Crippen LogP contribution in [0.1, 0.15) is 36.5 Å². The summed E-state index contributed by atoms with van der Waals surface area (Å²) >= 11 is 5.71. The average molecular weight is 296 g/mol. The highest BCUT2D eigenvalue weighted by atomic mass is 35.5. The van der Waals surface area contributed by atoms with Crippen LogP contribution in [0.15, 0.2) is 18.3 Å². The molecule has 0 unspecified atom stereocenters. The van der Waals surface area contributed by atoms with Gasteiger partial charge in [0.05, 0.1) is 5.56 Å². The fourth-order valence-corrected chi connectivity index (χ4v) is 2.35. The molecular formula is C14H18ClN3O2. The Labute approximate surface area is 123 Å². The number of rotatable bonds is 3. The zero-order valence-corrected chi connectivity index (χ0v) is 12.2. The highest BCUT2D eigenvalue weighted by molar-refractivity contribution is 6.29. The minimum absolute atomic E-state index is 0.0329. The SMILES string of the molecule is CCC(=O)NC1CCN(C(=O)c2ccc(Cl)nc2)CC1. The summed E-state index contributed by atoms with van der Waals surface area (Å²) in [4.78, 5) is 29.3. The highest BCUT2D eigenvalue weighted by Gasteiger charge is 2.24. The van der Waals surface area contributed by atoms with Gasteiger partial charge in [-0.15, -0.1) is 0 Å². The largest absolute Gasteiger partial charge is 0.353 e. The maximum Gasteiger partial charge on any atom is 0.255 e. The summed E-state index contributed by atoms with van der Waals surface area (Å²) in [5, 5.41) is 3.35. The summed E-state index contributed by atoms with van der Waals surface area (Å²) in [5.41, 5.74) is 0.547. The van der Waals surface area contributed by atoms with Crippen LogP contribution < -0.4 is 5.32 Å². The van der Waals surface area contributed by atoms with Crippen LogP contribution in [0.5, 0.6) is 0 Å². The second-order valence-corrected chi connectivity index (χ2v) is 5.24. The Morgan fingerprint density at radius 3 is 2.65 bits per heavy atom. The van der Waals surface area contributed by atoms with Gasteiger partial charge < -0.3 is 10.2 Å². The van der Waals surface area contributed by atoms with Gasteiger partial charge in [-0.05, 0) is 25.0 Å². The summed E-state index contributed by atoms with van der Waals surface area (Å²) in [6, 6.07) is 3.47. The molecule has 2 heterocycles. The maximum absolute atomic E-state index is 12.3. The molecule has 0 bridgehead atoms. The second-order valence-electron chi connectivity index (χ2n) is 4.86. The standard InChI is InChI=1S/C14H18ClN3O2/c1-2-13(19)17-11-5-7-18(8-6-11)14(20)10-3-4-12(15)16-9-10/h3-4,9,11H,2,5-8H2,1H3,(H,17,19). The zero-order chi connectivity index (χ0) is 14.5. The molecule has 20 heavy (non-hydrogen) atoms. The minimum atomic E-state index is -0.0329. The van der Waals surface area contributed by atoms with Crippen LogP contribution in [0.25, 0.3) is 0 Å². The second kappa shape index (κ2) is 6.70. The van der Waals surface area contributed by atoms with Gasteiger partial charge in [0.25, 0.3) is 5.91 Å². The normalized spacial score (nSPS) is 16.0. The van der Waals surface area contributed by atoms with Crippen molar-refractivity contribution >= 4 is 23.4 Å². The van der Waals surface area contributed by atoms with E-state index in [1.807, 2.05) is 6.92 Å². The molecule has 1 fully saturated rings. The van der Waals surface area contributed by atoms with Crippen LogP contribution in [0, 0.1) is 0 Å². The fourth-order valence-electron chi connectivity index (χ4n) is 2.24. The molecule has 0 spiro atoms. The van der Waals surface area contributed by atoms with Crippen molar-refractivity contribution in [2.45, 2.75) is 32.2 Å². The monoisotopic (exact) mass is 295 g/mol. The highest BCUT2D eigenvalue weighted by Crippen LogP contribution is 2.14. The lowest BCUT2D eigenvalue weighted by Gasteiger charge is -2.32. The number of halogens is 1. The zero-order valence-electron chi connectivity index (χ0n) is 11.4. The summed E-state index contributed by atoms with van der Waals surface area (Å²) in [5.74, 6) is 0.0334. The van der Waals surface area contributed by atoms with Gasteiger partial charge in [-0.1, -0.05) is 18.5 Å². The smallest absolute Gasteiger partial charge is 0.255 e. The van der Waals surface area contributed by atoms with Gasteiger partial charge >= 0.3 is 0 Å². The molecule has 1 aliphatic rings. The molecule has 0 aliphatic carbocycles. The van der Waals surface area contributed by atoms with Crippen LogP contribution in [-0.2, 0) is 4.79 Å². The Morgan fingerprint density at radius 1 is 1.40 bits per heavy atom. The Morgan fingerprint density at radius 2 is 2.10 bits per heavy atom. The van der Waals surface area contributed by atoms with Gasteiger partial charge in [0.1, 0.15) is 5.15 Å². The Balaban J connectivity index is 1.88. The predicted octanol–water partition coefficient (Wildman–Crippen LogP) is 1.87. The third-order valence-corrected chi connectivity index (χ3v) is 3.67. The first-order valence-electron chi connectivity index (χ1n) is 6.80. The van der Waals surface area contributed by atoms with Crippen molar-refractivity contribution in [3.05, 3.63) is 29.0 Å². The number of carbonyl (C=O) groups is 2. The molecule has 5 nitrogen and oxygen atoms in total. The first-order chi connectivity index (χ1) is 9.60. The van der Waals surface area contributed by atoms with Crippen LogP contribution in [0.4, 0.5) is 0 Å². The van der Waals surface area contributed by atoms with Crippen molar-refractivity contribution in [2.75, 3.05) is 13.1 Å². The third kappa shape index (κ3) is 3.70. The van der Waals surface area contributed by atoms with Crippen LogP contribution >= 0.6 is 11.6 Å². The number of hydrogen-bond donors (Lipinski definition) is 1. The number of amides is 2. The van der Waals surface area contributed by atoms with Gasteiger partial charge in [-0.2, -0.15) is 0 Å². The summed E-state index contributed by atoms with van der Waals surface area (Å²) in [6.45, 7) is 3.13. The van der Waals surface area contributed by atoms with Crippen molar-refractivity contribution in [1.29, 1.82) is 0 Å². The molecule has 0 radical (unpaired) electrons. The molecule has 1 aromatic rings. The van der Waals surface area contributed by atoms with Crippen LogP contribution in [-0.4, -0.2) is 40.8 Å². The molecule has 1 N–H and O–H groups in total. The summed E-state index contributed by atoms with van der Waals surface area (Å²) in [7, 11) is 0. The number of nitrogens with one attached hydrogen (secondary N) is 1. The van der Waals surface area contributed by atoms with Crippen molar-refractivity contribution in [3.8, 4) is 0 Å². The maximum atomic E-state index is 12.3. The third-order valence-electron chi connectivity index (χ3n) is 3.44. The molecule has 1 saturated heterocycles. The lowest BCUT2D eigenvalue weighted by Crippen LogP contribution is -2.46. The molecule has 0 atom stereocenters. The quantitative estimate of drug-likeness (QED) is 0.866. The van der Waals surface area contributed by atoms with E-state index in [9.17, 15) is 9.59 Å². The van der Waals surface area contributed by atoms with Gasteiger partial charge in [-0.25, -0.2) is 4.98 Å². The summed E-state index contributed by atoms with van der Waals surface area (Å²) < 4.78 is 0. The Hall–Kier alpha value is -1.62. The fraction of sp³-hybridized carbons (Fsp3) is 0.500. The van der Waals surface area contributed by atoms with E-state index in [0.717, 1.165) is 12.8 Å². The minimum Gasteiger partial charge on any atom is -0.353 e. The number of pyridine rings is 1. The topological polar surface area (TPSA) is 62.3 Å². The summed E-state index contributed by atoms with van der Waals surface area (Å²) in [6.07, 6.45) is 3.57. The van der Waals surface area contributed by atoms with Crippen molar-refractivity contribution in [1.82, 2.24) is 15.2 Å². The van der Waals surface area contributed by atoms with E-state index in [0.29, 0.717) is 30.2 Å². The predicted molar refractivity (Wildman–Crippen MR) is 76.6 cm³/mol. The first-order valence-corrected chi connectivity index (χ1v) is 7.18. The Bertz CT molecular complexity index is 482. The lowest BCUT2D eigenvalue weighted by atomic mass is 10.0. The van der Waals surface area contributed by atoms with E-state index in [1.54, 1.807) is 17.0 Å². The van der Waals surface area contributed by atoms with Gasteiger partial charge in [0, 0.05) is 31.7 Å². The van der Waals surface area contributed by atoms with Crippen molar-refractivity contribution in [3.63, 3.8) is 0 Å². The number of nitrogens with zero attached hydrogens (tertiary/aromatic N) is 2. The van der Waals surface area contributed by atoms with Crippen molar-refractivity contribution in [2.24, 2.45) is 0 Å². The number of aromatic nitrogens is 1. The van der Waals surface area contributed by atoms with Gasteiger partial charge in [0.15, 0.2) is 0 Å². The van der Waals surface area contributed by atoms with Crippen LogP contribution in [0.2, 0.25) is 5.15 Å². The van der Waals surface area contributed by atoms with E-state index in [2.05, 4.69) is 10.3 Å². The molecule has 2 rings (SSSR count). The molecule has 2 amide bonds. The number of piperidine rings is 1. The Kier molecular flexibility index (Phi) is 4.95. The van der Waals surface area contributed by atoms with E-state index in [4.69, 9.17) is 11.6 Å². The molecule has 1 aliphatic heterocycles. The van der Waals surface area contributed by atoms with E-state index in [1.165, 1.54) is 6.20 Å². The molecular weight excluding hydrogens is 278 g/mol. The lowest BCUT2D eigenvalue weighted by molar-refractivity contribution is -0.121. The first kappa shape index (κ1) is 14.8. The van der Waals surface area contributed by atoms with E-state index >= 15 is 0 Å². The molecule has 0 saturated carbocycles. The van der Waals surface area contributed by atoms with Gasteiger partial charge in [0.2, 0.25) is 5.91 Å². The number of hydrogen-bond acceptors (Lipinski definition) is 3. The number of carbonyl (C=O) groups excluding carboxylic acids is 2. The molecule has 0 aromatic carbocycles. The molecule has 6 heteroatoms. The number of likely N-dealkylation sites (tertiary alicyclic amines) is 1. The molecule has 1 aromatic heterocycles. The van der Waals surface area contributed by atoms with Crippen LogP contribution in [0.3, 0.4) is 0 Å². The van der Waals surface area contributed by atoms with E-state index < -0.39 is 0 Å². The van der Waals surface area contributed by atoms with E-state index in [-0.39, 0.29) is 17.9 Å². The van der Waals surface area contributed by atoms with Gasteiger partial charge in [-0.3, -0.25) is 9.59 Å². The average Bonchev–Trinajstić information content (AvgIpc) is 2.48. The molecule has 108 valence electrons.